The van der Waals surface area contributed by atoms with E-state index in [1.165, 1.54) is 0 Å². The van der Waals surface area contributed by atoms with Crippen molar-refractivity contribution in [3.05, 3.63) is 60.0 Å². The molecule has 2 heterocycles. The number of nitrogens with one attached hydrogen (secondary N) is 2. The number of nitrogens with zero attached hydrogens (tertiary/aromatic N) is 2. The molecule has 2 N–H and O–H groups in total. The second kappa shape index (κ2) is 5.20. The number of H-pyrrole nitrogens is 1. The molecule has 0 radical (unpaired) electrons. The molecule has 0 fully saturated rings. The molecule has 0 saturated heterocycles. The van der Waals surface area contributed by atoms with Crippen LogP contribution in [0.15, 0.2) is 59.4 Å². The Morgan fingerprint density at radius 3 is 2.77 bits per heavy atom. The highest BCUT2D eigenvalue weighted by molar-refractivity contribution is 6.30. The van der Waals surface area contributed by atoms with Crippen molar-refractivity contribution in [2.24, 2.45) is 0 Å². The molecule has 22 heavy (non-hydrogen) atoms. The smallest absolute Gasteiger partial charge is 0.299 e. The van der Waals surface area contributed by atoms with Gasteiger partial charge in [-0.05, 0) is 42.5 Å². The maximum Gasteiger partial charge on any atom is 0.299 e. The first kappa shape index (κ1) is 12.9. The third-order valence-corrected chi connectivity index (χ3v) is 3.56. The molecule has 6 heteroatoms. The molecule has 0 aliphatic carbocycles. The number of oxazole rings is 1. The van der Waals surface area contributed by atoms with E-state index in [0.29, 0.717) is 16.8 Å². The van der Waals surface area contributed by atoms with Gasteiger partial charge in [0, 0.05) is 16.3 Å². The van der Waals surface area contributed by atoms with Crippen molar-refractivity contribution in [3.63, 3.8) is 0 Å². The summed E-state index contributed by atoms with van der Waals surface area (Å²) in [5, 5.41) is 3.83. The number of rotatable bonds is 3. The Balaban J connectivity index is 1.59. The Bertz CT molecular complexity index is 927. The van der Waals surface area contributed by atoms with Crippen LogP contribution in [0, 0.1) is 0 Å². The third-order valence-electron chi connectivity index (χ3n) is 3.31. The third kappa shape index (κ3) is 2.42. The molecule has 0 unspecified atom stereocenters. The molecule has 0 bridgehead atoms. The van der Waals surface area contributed by atoms with Gasteiger partial charge in [0.1, 0.15) is 0 Å². The average Bonchev–Trinajstić information content (AvgIpc) is 3.17. The van der Waals surface area contributed by atoms with E-state index in [1.807, 2.05) is 42.5 Å². The van der Waals surface area contributed by atoms with Crippen molar-refractivity contribution in [3.8, 4) is 11.3 Å². The number of hydrogen-bond acceptors (Lipinski definition) is 4. The zero-order valence-corrected chi connectivity index (χ0v) is 12.1. The standard InChI is InChI=1S/C16H11ClN4O/c17-11-3-1-10(2-4-11)15-8-18-16(22-15)21-12-5-6-13-14(7-12)20-9-19-13/h1-9H,(H,18,21)(H,19,20). The first-order chi connectivity index (χ1) is 10.8. The predicted molar refractivity (Wildman–Crippen MR) is 86.3 cm³/mol. The highest BCUT2D eigenvalue weighted by Gasteiger charge is 2.07. The lowest BCUT2D eigenvalue weighted by Crippen LogP contribution is -1.89. The molecular formula is C16H11ClN4O. The SMILES string of the molecule is Clc1ccc(-c2cnc(Nc3ccc4nc[nH]c4c3)o2)cc1. The Morgan fingerprint density at radius 2 is 1.91 bits per heavy atom. The molecule has 0 atom stereocenters. The van der Waals surface area contributed by atoms with E-state index in [4.69, 9.17) is 16.0 Å². The van der Waals surface area contributed by atoms with Crippen LogP contribution in [0.1, 0.15) is 0 Å². The summed E-state index contributed by atoms with van der Waals surface area (Å²) in [5.41, 5.74) is 3.67. The highest BCUT2D eigenvalue weighted by Crippen LogP contribution is 2.26. The fourth-order valence-corrected chi connectivity index (χ4v) is 2.34. The zero-order chi connectivity index (χ0) is 14.9. The van der Waals surface area contributed by atoms with Crippen LogP contribution in [0.5, 0.6) is 0 Å². The van der Waals surface area contributed by atoms with Gasteiger partial charge in [0.25, 0.3) is 6.01 Å². The van der Waals surface area contributed by atoms with Crippen LogP contribution in [-0.2, 0) is 0 Å². The summed E-state index contributed by atoms with van der Waals surface area (Å²) in [5.74, 6) is 0.682. The van der Waals surface area contributed by atoms with E-state index in [1.54, 1.807) is 12.5 Å². The van der Waals surface area contributed by atoms with Gasteiger partial charge in [-0.1, -0.05) is 11.6 Å². The van der Waals surface area contributed by atoms with E-state index in [2.05, 4.69) is 20.3 Å². The lowest BCUT2D eigenvalue weighted by atomic mass is 10.2. The lowest BCUT2D eigenvalue weighted by molar-refractivity contribution is 0.592. The second-order valence-electron chi connectivity index (χ2n) is 4.80. The van der Waals surface area contributed by atoms with Gasteiger partial charge in [0.2, 0.25) is 0 Å². The molecule has 4 aromatic rings. The van der Waals surface area contributed by atoms with Crippen LogP contribution < -0.4 is 5.32 Å². The van der Waals surface area contributed by atoms with Gasteiger partial charge in [-0.15, -0.1) is 0 Å². The summed E-state index contributed by atoms with van der Waals surface area (Å²) in [4.78, 5) is 11.5. The quantitative estimate of drug-likeness (QED) is 0.579. The fourth-order valence-electron chi connectivity index (χ4n) is 2.22. The van der Waals surface area contributed by atoms with Gasteiger partial charge >= 0.3 is 0 Å². The number of fused-ring (bicyclic) bond motifs is 1. The molecule has 5 nitrogen and oxygen atoms in total. The van der Waals surface area contributed by atoms with Crippen LogP contribution in [0.25, 0.3) is 22.4 Å². The Morgan fingerprint density at radius 1 is 1.05 bits per heavy atom. The highest BCUT2D eigenvalue weighted by atomic mass is 35.5. The van der Waals surface area contributed by atoms with Gasteiger partial charge in [-0.2, -0.15) is 0 Å². The Kier molecular flexibility index (Phi) is 3.05. The number of imidazole rings is 1. The largest absolute Gasteiger partial charge is 0.423 e. The first-order valence-corrected chi connectivity index (χ1v) is 7.08. The average molecular weight is 311 g/mol. The number of anilines is 2. The number of hydrogen-bond donors (Lipinski definition) is 2. The maximum atomic E-state index is 5.88. The summed E-state index contributed by atoms with van der Waals surface area (Å²) in [6.07, 6.45) is 3.35. The van der Waals surface area contributed by atoms with E-state index in [9.17, 15) is 0 Å². The maximum absolute atomic E-state index is 5.88. The van der Waals surface area contributed by atoms with Crippen LogP contribution >= 0.6 is 11.6 Å². The van der Waals surface area contributed by atoms with E-state index >= 15 is 0 Å². The number of benzene rings is 2. The van der Waals surface area contributed by atoms with E-state index in [-0.39, 0.29) is 0 Å². The molecule has 0 saturated carbocycles. The first-order valence-electron chi connectivity index (χ1n) is 6.70. The Hall–Kier alpha value is -2.79. The van der Waals surface area contributed by atoms with Crippen LogP contribution in [-0.4, -0.2) is 15.0 Å². The van der Waals surface area contributed by atoms with Crippen LogP contribution in [0.2, 0.25) is 5.02 Å². The van der Waals surface area contributed by atoms with Crippen molar-refractivity contribution >= 4 is 34.3 Å². The number of aromatic nitrogens is 3. The minimum atomic E-state index is 0.434. The topological polar surface area (TPSA) is 66.7 Å². The van der Waals surface area contributed by atoms with Crippen LogP contribution in [0.3, 0.4) is 0 Å². The molecule has 0 amide bonds. The van der Waals surface area contributed by atoms with Crippen molar-refractivity contribution in [1.29, 1.82) is 0 Å². The van der Waals surface area contributed by atoms with Crippen LogP contribution in [0.4, 0.5) is 11.7 Å². The molecule has 4 rings (SSSR count). The fraction of sp³-hybridized carbons (Fsp3) is 0. The summed E-state index contributed by atoms with van der Waals surface area (Å²) in [7, 11) is 0. The second-order valence-corrected chi connectivity index (χ2v) is 5.23. The molecule has 2 aromatic heterocycles. The summed E-state index contributed by atoms with van der Waals surface area (Å²) < 4.78 is 5.72. The van der Waals surface area contributed by atoms with E-state index < -0.39 is 0 Å². The van der Waals surface area contributed by atoms with Gasteiger partial charge in [0.05, 0.1) is 23.6 Å². The molecule has 0 spiro atoms. The van der Waals surface area contributed by atoms with Crippen molar-refractivity contribution in [2.45, 2.75) is 0 Å². The molecular weight excluding hydrogens is 300 g/mol. The summed E-state index contributed by atoms with van der Waals surface area (Å²) in [6.45, 7) is 0. The minimum absolute atomic E-state index is 0.434. The van der Waals surface area contributed by atoms with Gasteiger partial charge < -0.3 is 14.7 Å². The monoisotopic (exact) mass is 310 g/mol. The molecule has 0 aliphatic heterocycles. The zero-order valence-electron chi connectivity index (χ0n) is 11.4. The summed E-state index contributed by atoms with van der Waals surface area (Å²) >= 11 is 5.88. The predicted octanol–water partition coefficient (Wildman–Crippen LogP) is 4.61. The normalized spacial score (nSPS) is 11.0. The van der Waals surface area contributed by atoms with E-state index in [0.717, 1.165) is 22.3 Å². The van der Waals surface area contributed by atoms with Crippen molar-refractivity contribution in [1.82, 2.24) is 15.0 Å². The van der Waals surface area contributed by atoms with Gasteiger partial charge in [-0.25, -0.2) is 9.97 Å². The molecule has 108 valence electrons. The van der Waals surface area contributed by atoms with Crippen molar-refractivity contribution < 1.29 is 4.42 Å². The molecule has 0 aliphatic rings. The number of halogens is 1. The van der Waals surface area contributed by atoms with Gasteiger partial charge in [-0.3, -0.25) is 0 Å². The minimum Gasteiger partial charge on any atom is -0.423 e. The van der Waals surface area contributed by atoms with Crippen molar-refractivity contribution in [2.75, 3.05) is 5.32 Å². The number of aromatic amines is 1. The summed E-state index contributed by atoms with van der Waals surface area (Å²) in [6, 6.07) is 13.7. The van der Waals surface area contributed by atoms with Gasteiger partial charge in [0.15, 0.2) is 5.76 Å². The molecule has 2 aromatic carbocycles. The lowest BCUT2D eigenvalue weighted by Gasteiger charge is -2.01. The Labute approximate surface area is 131 Å².